The molecule has 0 aliphatic rings. The van der Waals surface area contributed by atoms with E-state index in [-0.39, 0.29) is 5.75 Å². The van der Waals surface area contributed by atoms with Crippen LogP contribution in [0, 0.1) is 0 Å². The molecule has 90 valence electrons. The molecule has 0 aliphatic heterocycles. The maximum atomic E-state index is 12.0. The van der Waals surface area contributed by atoms with Crippen molar-refractivity contribution in [2.24, 2.45) is 0 Å². The molecule has 1 aromatic rings. The summed E-state index contributed by atoms with van der Waals surface area (Å²) in [5.41, 5.74) is 6.63. The molecule has 0 bridgehead atoms. The van der Waals surface area contributed by atoms with E-state index in [0.717, 1.165) is 0 Å². The molecule has 0 atom stereocenters. The third-order valence-corrected chi connectivity index (χ3v) is 5.31. The summed E-state index contributed by atoms with van der Waals surface area (Å²) < 4.78 is 23.2. The van der Waals surface area contributed by atoms with E-state index < -0.39 is 14.6 Å². The van der Waals surface area contributed by atoms with Gasteiger partial charge in [0.05, 0.1) is 10.5 Å². The Hall–Kier alpha value is -0.740. The normalized spacial score (nSPS) is 12.8. The van der Waals surface area contributed by atoms with Crippen molar-refractivity contribution in [2.45, 2.75) is 31.3 Å². The molecular formula is C11H16ClNO2S. The molecule has 0 unspecified atom stereocenters. The Bertz CT molecular complexity index is 469. The van der Waals surface area contributed by atoms with Crippen LogP contribution in [0.1, 0.15) is 26.3 Å². The number of sulfone groups is 1. The Balaban J connectivity index is 3.17. The first-order valence-electron chi connectivity index (χ1n) is 4.90. The zero-order valence-corrected chi connectivity index (χ0v) is 11.2. The largest absolute Gasteiger partial charge is 0.398 e. The smallest absolute Gasteiger partial charge is 0.159 e. The summed E-state index contributed by atoms with van der Waals surface area (Å²) in [5.74, 6) is -0.123. The first kappa shape index (κ1) is 13.3. The third-order valence-electron chi connectivity index (χ3n) is 2.42. The second-order valence-electron chi connectivity index (χ2n) is 4.68. The minimum absolute atomic E-state index is 0.123. The minimum Gasteiger partial charge on any atom is -0.398 e. The monoisotopic (exact) mass is 261 g/mol. The summed E-state index contributed by atoms with van der Waals surface area (Å²) in [4.78, 5) is 0. The molecule has 3 nitrogen and oxygen atoms in total. The van der Waals surface area contributed by atoms with Gasteiger partial charge in [-0.05, 0) is 32.9 Å². The van der Waals surface area contributed by atoms with Crippen molar-refractivity contribution >= 4 is 27.1 Å². The molecule has 1 rings (SSSR count). The van der Waals surface area contributed by atoms with E-state index in [1.54, 1.807) is 39.0 Å². The molecule has 0 radical (unpaired) electrons. The number of benzene rings is 1. The van der Waals surface area contributed by atoms with Gasteiger partial charge >= 0.3 is 0 Å². The summed E-state index contributed by atoms with van der Waals surface area (Å²) in [7, 11) is -3.26. The van der Waals surface area contributed by atoms with Crippen molar-refractivity contribution in [3.63, 3.8) is 0 Å². The molecule has 1 aromatic carbocycles. The van der Waals surface area contributed by atoms with Gasteiger partial charge < -0.3 is 5.73 Å². The molecule has 0 aromatic heterocycles. The Morgan fingerprint density at radius 1 is 1.31 bits per heavy atom. The van der Waals surface area contributed by atoms with Gasteiger partial charge in [-0.1, -0.05) is 17.7 Å². The minimum atomic E-state index is -3.26. The summed E-state index contributed by atoms with van der Waals surface area (Å²) in [5, 5.41) is 0.396. The van der Waals surface area contributed by atoms with E-state index in [1.807, 2.05) is 0 Å². The van der Waals surface area contributed by atoms with Crippen molar-refractivity contribution in [3.05, 3.63) is 28.8 Å². The topological polar surface area (TPSA) is 60.2 Å². The lowest BCUT2D eigenvalue weighted by atomic mass is 10.2. The van der Waals surface area contributed by atoms with Crippen LogP contribution < -0.4 is 5.73 Å². The average molecular weight is 262 g/mol. The molecule has 16 heavy (non-hydrogen) atoms. The average Bonchev–Trinajstić information content (AvgIpc) is 2.10. The molecule has 0 saturated carbocycles. The fraction of sp³-hybridized carbons (Fsp3) is 0.455. The molecular weight excluding hydrogens is 246 g/mol. The van der Waals surface area contributed by atoms with Gasteiger partial charge in [-0.3, -0.25) is 0 Å². The van der Waals surface area contributed by atoms with Gasteiger partial charge in [0.1, 0.15) is 0 Å². The maximum Gasteiger partial charge on any atom is 0.159 e. The molecule has 0 fully saturated rings. The van der Waals surface area contributed by atoms with E-state index in [2.05, 4.69) is 0 Å². The predicted octanol–water partition coefficient (Wildman–Crippen LogP) is 2.64. The zero-order valence-electron chi connectivity index (χ0n) is 9.62. The van der Waals surface area contributed by atoms with Crippen molar-refractivity contribution in [1.29, 1.82) is 0 Å². The first-order valence-corrected chi connectivity index (χ1v) is 6.93. The van der Waals surface area contributed by atoms with Crippen LogP contribution in [-0.4, -0.2) is 13.2 Å². The van der Waals surface area contributed by atoms with Gasteiger partial charge in [-0.15, -0.1) is 0 Å². The van der Waals surface area contributed by atoms with Crippen molar-refractivity contribution in [3.8, 4) is 0 Å². The van der Waals surface area contributed by atoms with E-state index in [0.29, 0.717) is 16.3 Å². The predicted molar refractivity (Wildman–Crippen MR) is 68.2 cm³/mol. The highest BCUT2D eigenvalue weighted by Gasteiger charge is 2.30. The second kappa shape index (κ2) is 4.26. The summed E-state index contributed by atoms with van der Waals surface area (Å²) in [6, 6.07) is 5.00. The van der Waals surface area contributed by atoms with Crippen molar-refractivity contribution < 1.29 is 8.42 Å². The number of nitrogens with two attached hydrogens (primary N) is 1. The van der Waals surface area contributed by atoms with Crippen LogP contribution in [0.5, 0.6) is 0 Å². The van der Waals surface area contributed by atoms with Crippen LogP contribution >= 0.6 is 11.6 Å². The van der Waals surface area contributed by atoms with Crippen LogP contribution in [0.2, 0.25) is 5.02 Å². The number of rotatable bonds is 2. The molecule has 0 spiro atoms. The summed E-state index contributed by atoms with van der Waals surface area (Å²) >= 11 is 5.94. The third kappa shape index (κ3) is 2.68. The standard InChI is InChI=1S/C11H16ClNO2S/c1-11(2,3)16(14,15)7-8-9(12)5-4-6-10(8)13/h4-6H,7,13H2,1-3H3. The Morgan fingerprint density at radius 3 is 2.31 bits per heavy atom. The highest BCUT2D eigenvalue weighted by molar-refractivity contribution is 7.92. The van der Waals surface area contributed by atoms with Crippen molar-refractivity contribution in [2.75, 3.05) is 5.73 Å². The lowest BCUT2D eigenvalue weighted by molar-refractivity contribution is 0.559. The first-order chi connectivity index (χ1) is 7.15. The molecule has 0 amide bonds. The fourth-order valence-electron chi connectivity index (χ4n) is 1.13. The summed E-state index contributed by atoms with van der Waals surface area (Å²) in [6.07, 6.45) is 0. The number of hydrogen-bond donors (Lipinski definition) is 1. The zero-order chi connectivity index (χ0) is 12.6. The van der Waals surface area contributed by atoms with Crippen LogP contribution in [-0.2, 0) is 15.6 Å². The number of hydrogen-bond acceptors (Lipinski definition) is 3. The lowest BCUT2D eigenvalue weighted by Gasteiger charge is -2.20. The van der Waals surface area contributed by atoms with Gasteiger partial charge in [0, 0.05) is 16.3 Å². The van der Waals surface area contributed by atoms with Crippen LogP contribution in [0.4, 0.5) is 5.69 Å². The number of anilines is 1. The van der Waals surface area contributed by atoms with Gasteiger partial charge in [0.2, 0.25) is 0 Å². The molecule has 0 heterocycles. The maximum absolute atomic E-state index is 12.0. The van der Waals surface area contributed by atoms with E-state index in [9.17, 15) is 8.42 Å². The Morgan fingerprint density at radius 2 is 1.88 bits per heavy atom. The van der Waals surface area contributed by atoms with Crippen molar-refractivity contribution in [1.82, 2.24) is 0 Å². The van der Waals surface area contributed by atoms with E-state index in [1.165, 1.54) is 0 Å². The van der Waals surface area contributed by atoms with Crippen LogP contribution in [0.3, 0.4) is 0 Å². The molecule has 0 saturated heterocycles. The van der Waals surface area contributed by atoms with E-state index >= 15 is 0 Å². The Kier molecular flexibility index (Phi) is 3.55. The number of halogens is 1. The number of nitrogen functional groups attached to an aromatic ring is 1. The highest BCUT2D eigenvalue weighted by atomic mass is 35.5. The molecule has 5 heteroatoms. The van der Waals surface area contributed by atoms with Crippen LogP contribution in [0.25, 0.3) is 0 Å². The second-order valence-corrected chi connectivity index (χ2v) is 7.83. The van der Waals surface area contributed by atoms with Crippen LogP contribution in [0.15, 0.2) is 18.2 Å². The van der Waals surface area contributed by atoms with E-state index in [4.69, 9.17) is 17.3 Å². The highest BCUT2D eigenvalue weighted by Crippen LogP contribution is 2.28. The molecule has 0 aliphatic carbocycles. The van der Waals surface area contributed by atoms with Gasteiger partial charge in [0.25, 0.3) is 0 Å². The Labute approximate surface area is 102 Å². The quantitative estimate of drug-likeness (QED) is 0.833. The fourth-order valence-corrected chi connectivity index (χ4v) is 2.60. The SMILES string of the molecule is CC(C)(C)S(=O)(=O)Cc1c(N)cccc1Cl. The summed E-state index contributed by atoms with van der Waals surface area (Å²) in [6.45, 7) is 4.99. The van der Waals surface area contributed by atoms with Gasteiger partial charge in [-0.25, -0.2) is 8.42 Å². The van der Waals surface area contributed by atoms with Gasteiger partial charge in [-0.2, -0.15) is 0 Å². The lowest BCUT2D eigenvalue weighted by Crippen LogP contribution is -2.29. The molecule has 2 N–H and O–H groups in total. The van der Waals surface area contributed by atoms with Gasteiger partial charge in [0.15, 0.2) is 9.84 Å².